The van der Waals surface area contributed by atoms with Gasteiger partial charge in [0.1, 0.15) is 11.5 Å². The summed E-state index contributed by atoms with van der Waals surface area (Å²) in [6, 6.07) is 13.6. The van der Waals surface area contributed by atoms with Gasteiger partial charge in [0.25, 0.3) is 5.91 Å². The molecule has 0 spiro atoms. The number of amides is 1. The molecule has 0 atom stereocenters. The van der Waals surface area contributed by atoms with Crippen LogP contribution in [0.2, 0.25) is 0 Å². The van der Waals surface area contributed by atoms with Gasteiger partial charge in [-0.1, -0.05) is 18.2 Å². The van der Waals surface area contributed by atoms with E-state index in [2.05, 4.69) is 6.07 Å². The smallest absolute Gasteiger partial charge is 0.250 e. The molecule has 3 rings (SSSR count). The molecular formula is C20H21NO3. The molecule has 4 nitrogen and oxygen atoms in total. The number of hydrogen-bond acceptors (Lipinski definition) is 3. The van der Waals surface area contributed by atoms with Crippen LogP contribution >= 0.6 is 0 Å². The Hall–Kier alpha value is -2.75. The lowest BCUT2D eigenvalue weighted by Gasteiger charge is -2.28. The predicted octanol–water partition coefficient (Wildman–Crippen LogP) is 3.70. The molecule has 0 aliphatic carbocycles. The Morgan fingerprint density at radius 2 is 1.96 bits per heavy atom. The Morgan fingerprint density at radius 3 is 2.75 bits per heavy atom. The van der Waals surface area contributed by atoms with Gasteiger partial charge in [0.15, 0.2) is 0 Å². The lowest BCUT2D eigenvalue weighted by Crippen LogP contribution is -2.34. The summed E-state index contributed by atoms with van der Waals surface area (Å²) in [4.78, 5) is 14.5. The molecule has 124 valence electrons. The van der Waals surface area contributed by atoms with Crippen LogP contribution < -0.4 is 14.4 Å². The second kappa shape index (κ2) is 7.21. The summed E-state index contributed by atoms with van der Waals surface area (Å²) in [5, 5.41) is 0. The molecule has 1 aliphatic rings. The van der Waals surface area contributed by atoms with E-state index in [1.165, 1.54) is 5.56 Å². The van der Waals surface area contributed by atoms with Gasteiger partial charge in [0.2, 0.25) is 0 Å². The Kier molecular flexibility index (Phi) is 4.85. The third-order valence-electron chi connectivity index (χ3n) is 4.22. The highest BCUT2D eigenvalue weighted by molar-refractivity contribution is 6.04. The van der Waals surface area contributed by atoms with Crippen LogP contribution in [0.1, 0.15) is 17.5 Å². The summed E-state index contributed by atoms with van der Waals surface area (Å²) in [5.74, 6) is 1.41. The second-order valence-corrected chi connectivity index (χ2v) is 5.66. The number of methoxy groups -OCH3 is 2. The standard InChI is InChI=1S/C20H21NO3/c1-23-17-10-11-19(24-2)16(14-17)9-12-20(22)21-13-5-7-15-6-3-4-8-18(15)21/h3-4,6,8-12,14H,5,7,13H2,1-2H3/b12-9+. The highest BCUT2D eigenvalue weighted by atomic mass is 16.5. The van der Waals surface area contributed by atoms with E-state index in [-0.39, 0.29) is 5.91 Å². The van der Waals surface area contributed by atoms with Crippen LogP contribution in [-0.2, 0) is 11.2 Å². The molecule has 4 heteroatoms. The van der Waals surface area contributed by atoms with E-state index in [9.17, 15) is 4.79 Å². The van der Waals surface area contributed by atoms with E-state index in [1.54, 1.807) is 26.4 Å². The second-order valence-electron chi connectivity index (χ2n) is 5.66. The van der Waals surface area contributed by atoms with Gasteiger partial charge in [0.05, 0.1) is 14.2 Å². The highest BCUT2D eigenvalue weighted by Crippen LogP contribution is 2.28. The zero-order valence-corrected chi connectivity index (χ0v) is 14.0. The van der Waals surface area contributed by atoms with Gasteiger partial charge in [-0.05, 0) is 48.7 Å². The molecule has 2 aromatic rings. The summed E-state index contributed by atoms with van der Waals surface area (Å²) in [7, 11) is 3.23. The molecule has 0 bridgehead atoms. The Balaban J connectivity index is 1.84. The minimum Gasteiger partial charge on any atom is -0.497 e. The average molecular weight is 323 g/mol. The Morgan fingerprint density at radius 1 is 1.12 bits per heavy atom. The van der Waals surface area contributed by atoms with Crippen molar-refractivity contribution in [1.82, 2.24) is 0 Å². The van der Waals surface area contributed by atoms with Crippen LogP contribution in [0.4, 0.5) is 5.69 Å². The van der Waals surface area contributed by atoms with Gasteiger partial charge >= 0.3 is 0 Å². The van der Waals surface area contributed by atoms with Crippen molar-refractivity contribution in [3.05, 3.63) is 59.7 Å². The fraction of sp³-hybridized carbons (Fsp3) is 0.250. The van der Waals surface area contributed by atoms with E-state index in [0.29, 0.717) is 5.75 Å². The number of benzene rings is 2. The quantitative estimate of drug-likeness (QED) is 0.805. The minimum absolute atomic E-state index is 0.0213. The lowest BCUT2D eigenvalue weighted by molar-refractivity contribution is -0.114. The lowest BCUT2D eigenvalue weighted by atomic mass is 10.0. The fourth-order valence-electron chi connectivity index (χ4n) is 2.98. The van der Waals surface area contributed by atoms with Gasteiger partial charge in [0, 0.05) is 23.9 Å². The van der Waals surface area contributed by atoms with Gasteiger partial charge in [-0.3, -0.25) is 4.79 Å². The first-order valence-corrected chi connectivity index (χ1v) is 8.02. The summed E-state index contributed by atoms with van der Waals surface area (Å²) >= 11 is 0. The summed E-state index contributed by atoms with van der Waals surface area (Å²) in [6.07, 6.45) is 5.38. The van der Waals surface area contributed by atoms with E-state index >= 15 is 0 Å². The zero-order chi connectivity index (χ0) is 16.9. The van der Waals surface area contributed by atoms with Gasteiger partial charge in [-0.25, -0.2) is 0 Å². The SMILES string of the molecule is COc1ccc(OC)c(/C=C/C(=O)N2CCCc3ccccc32)c1. The number of rotatable bonds is 4. The van der Waals surface area contributed by atoms with Crippen LogP contribution in [0.5, 0.6) is 11.5 Å². The Labute approximate surface area is 142 Å². The summed E-state index contributed by atoms with van der Waals surface area (Å²) < 4.78 is 10.6. The number of fused-ring (bicyclic) bond motifs is 1. The Bertz CT molecular complexity index is 767. The first-order valence-electron chi connectivity index (χ1n) is 8.02. The van der Waals surface area contributed by atoms with E-state index in [0.717, 1.165) is 36.4 Å². The molecular weight excluding hydrogens is 302 g/mol. The molecule has 1 amide bonds. The largest absolute Gasteiger partial charge is 0.497 e. The van der Waals surface area contributed by atoms with Crippen LogP contribution in [0.3, 0.4) is 0 Å². The van der Waals surface area contributed by atoms with Crippen LogP contribution in [0.15, 0.2) is 48.5 Å². The average Bonchev–Trinajstić information content (AvgIpc) is 2.65. The molecule has 0 radical (unpaired) electrons. The van der Waals surface area contributed by atoms with Crippen molar-refractivity contribution in [3.8, 4) is 11.5 Å². The maximum atomic E-state index is 12.7. The first-order chi connectivity index (χ1) is 11.7. The molecule has 1 heterocycles. The van der Waals surface area contributed by atoms with E-state index < -0.39 is 0 Å². The van der Waals surface area contributed by atoms with Crippen LogP contribution in [-0.4, -0.2) is 26.7 Å². The van der Waals surface area contributed by atoms with Crippen molar-refractivity contribution in [2.24, 2.45) is 0 Å². The van der Waals surface area contributed by atoms with Crippen molar-refractivity contribution in [2.45, 2.75) is 12.8 Å². The minimum atomic E-state index is -0.0213. The molecule has 0 saturated heterocycles. The van der Waals surface area contributed by atoms with Crippen molar-refractivity contribution in [1.29, 1.82) is 0 Å². The number of anilines is 1. The normalized spacial score (nSPS) is 13.7. The number of para-hydroxylation sites is 1. The number of carbonyl (C=O) groups excluding carboxylic acids is 1. The molecule has 0 fully saturated rings. The van der Waals surface area contributed by atoms with Crippen LogP contribution in [0, 0.1) is 0 Å². The van der Waals surface area contributed by atoms with Gasteiger partial charge in [-0.15, -0.1) is 0 Å². The molecule has 0 saturated carbocycles. The number of ether oxygens (including phenoxy) is 2. The molecule has 0 unspecified atom stereocenters. The fourth-order valence-corrected chi connectivity index (χ4v) is 2.98. The number of hydrogen-bond donors (Lipinski definition) is 0. The maximum Gasteiger partial charge on any atom is 0.250 e. The monoisotopic (exact) mass is 323 g/mol. The van der Waals surface area contributed by atoms with E-state index in [1.807, 2.05) is 41.3 Å². The predicted molar refractivity (Wildman–Crippen MR) is 95.7 cm³/mol. The van der Waals surface area contributed by atoms with E-state index in [4.69, 9.17) is 9.47 Å². The van der Waals surface area contributed by atoms with Crippen molar-refractivity contribution < 1.29 is 14.3 Å². The van der Waals surface area contributed by atoms with Gasteiger partial charge < -0.3 is 14.4 Å². The molecule has 24 heavy (non-hydrogen) atoms. The number of aryl methyl sites for hydroxylation is 1. The van der Waals surface area contributed by atoms with Gasteiger partial charge in [-0.2, -0.15) is 0 Å². The highest BCUT2D eigenvalue weighted by Gasteiger charge is 2.20. The molecule has 2 aromatic carbocycles. The number of nitrogens with zero attached hydrogens (tertiary/aromatic N) is 1. The summed E-state index contributed by atoms with van der Waals surface area (Å²) in [5.41, 5.74) is 3.05. The number of carbonyl (C=O) groups is 1. The topological polar surface area (TPSA) is 38.8 Å². The van der Waals surface area contributed by atoms with Crippen molar-refractivity contribution in [3.63, 3.8) is 0 Å². The maximum absolute atomic E-state index is 12.7. The summed E-state index contributed by atoms with van der Waals surface area (Å²) in [6.45, 7) is 0.745. The first kappa shape index (κ1) is 16.1. The van der Waals surface area contributed by atoms with Crippen molar-refractivity contribution >= 4 is 17.7 Å². The zero-order valence-electron chi connectivity index (χ0n) is 14.0. The van der Waals surface area contributed by atoms with Crippen LogP contribution in [0.25, 0.3) is 6.08 Å². The van der Waals surface area contributed by atoms with Crippen molar-refractivity contribution in [2.75, 3.05) is 25.7 Å². The molecule has 0 aromatic heterocycles. The molecule has 1 aliphatic heterocycles. The third kappa shape index (κ3) is 3.27. The third-order valence-corrected chi connectivity index (χ3v) is 4.22. The molecule has 0 N–H and O–H groups in total.